The molecular weight excluding hydrogens is 265 g/mol. The molecule has 1 aromatic carbocycles. The van der Waals surface area contributed by atoms with Crippen LogP contribution in [0.2, 0.25) is 0 Å². The Balaban J connectivity index is 2.37. The molecule has 1 aliphatic rings. The van der Waals surface area contributed by atoms with Gasteiger partial charge < -0.3 is 5.32 Å². The maximum absolute atomic E-state index is 12.6. The van der Waals surface area contributed by atoms with Crippen LogP contribution in [0.25, 0.3) is 0 Å². The van der Waals surface area contributed by atoms with Gasteiger partial charge in [0.1, 0.15) is 11.3 Å². The first-order valence-corrected chi connectivity index (χ1v) is 6.01. The van der Waals surface area contributed by atoms with Crippen molar-refractivity contribution in [3.8, 4) is 0 Å². The number of nitrogens with one attached hydrogen (secondary N) is 1. The van der Waals surface area contributed by atoms with Crippen LogP contribution < -0.4 is 5.32 Å². The van der Waals surface area contributed by atoms with Crippen LogP contribution in [-0.4, -0.2) is 11.3 Å². The third-order valence-electron chi connectivity index (χ3n) is 2.72. The van der Waals surface area contributed by atoms with E-state index in [-0.39, 0.29) is 11.3 Å². The third-order valence-corrected chi connectivity index (χ3v) is 3.02. The Bertz CT molecular complexity index is 483. The second-order valence-corrected chi connectivity index (χ2v) is 4.48. The van der Waals surface area contributed by atoms with Gasteiger partial charge in [-0.3, -0.25) is 0 Å². The van der Waals surface area contributed by atoms with Crippen molar-refractivity contribution < 1.29 is 13.2 Å². The zero-order valence-corrected chi connectivity index (χ0v) is 10.4. The highest BCUT2D eigenvalue weighted by Gasteiger charge is 2.32. The Kier molecular flexibility index (Phi) is 3.52. The molecule has 0 radical (unpaired) electrons. The lowest BCUT2D eigenvalue weighted by Crippen LogP contribution is -2.24. The average Bonchev–Trinajstić information content (AvgIpc) is 2.27. The summed E-state index contributed by atoms with van der Waals surface area (Å²) in [5.74, 6) is 0. The van der Waals surface area contributed by atoms with Crippen molar-refractivity contribution >= 4 is 22.5 Å². The second-order valence-electron chi connectivity index (χ2n) is 4.13. The molecule has 0 fully saturated rings. The van der Waals surface area contributed by atoms with Gasteiger partial charge in [0.15, 0.2) is 0 Å². The molecule has 1 unspecified atom stereocenters. The van der Waals surface area contributed by atoms with E-state index >= 15 is 0 Å². The van der Waals surface area contributed by atoms with E-state index in [4.69, 9.17) is 11.6 Å². The first-order valence-electron chi connectivity index (χ1n) is 5.63. The summed E-state index contributed by atoms with van der Waals surface area (Å²) in [6.07, 6.45) is -3.00. The summed E-state index contributed by atoms with van der Waals surface area (Å²) in [4.78, 5) is 4.19. The Morgan fingerprint density at radius 2 is 2.11 bits per heavy atom. The Labute approximate surface area is 108 Å². The summed E-state index contributed by atoms with van der Waals surface area (Å²) in [5.41, 5.74) is 0.218. The van der Waals surface area contributed by atoms with Crippen molar-refractivity contribution in [1.29, 1.82) is 0 Å². The standard InChI is InChI=1S/C12H12ClF3N2/c1-2-3-10-17-9-6-7(12(14,15)16)4-5-8(9)11(13)18-10/h4-6,10,17H,2-3H2,1H3. The highest BCUT2D eigenvalue weighted by molar-refractivity contribution is 6.70. The minimum Gasteiger partial charge on any atom is -0.363 e. The molecule has 0 aromatic heterocycles. The van der Waals surface area contributed by atoms with Crippen molar-refractivity contribution in [2.75, 3.05) is 5.32 Å². The summed E-state index contributed by atoms with van der Waals surface area (Å²) >= 11 is 5.97. The van der Waals surface area contributed by atoms with E-state index in [0.29, 0.717) is 11.3 Å². The largest absolute Gasteiger partial charge is 0.416 e. The van der Waals surface area contributed by atoms with Crippen molar-refractivity contribution in [3.05, 3.63) is 29.3 Å². The van der Waals surface area contributed by atoms with Gasteiger partial charge in [-0.2, -0.15) is 13.2 Å². The second kappa shape index (κ2) is 4.80. The topological polar surface area (TPSA) is 24.4 Å². The van der Waals surface area contributed by atoms with E-state index in [9.17, 15) is 13.2 Å². The van der Waals surface area contributed by atoms with E-state index in [0.717, 1.165) is 25.0 Å². The lowest BCUT2D eigenvalue weighted by molar-refractivity contribution is -0.137. The molecule has 0 saturated carbocycles. The molecule has 0 saturated heterocycles. The first kappa shape index (κ1) is 13.2. The van der Waals surface area contributed by atoms with Crippen molar-refractivity contribution in [3.63, 3.8) is 0 Å². The molecule has 2 nitrogen and oxygen atoms in total. The van der Waals surface area contributed by atoms with Crippen molar-refractivity contribution in [2.24, 2.45) is 4.99 Å². The van der Waals surface area contributed by atoms with E-state index in [1.54, 1.807) is 0 Å². The monoisotopic (exact) mass is 276 g/mol. The summed E-state index contributed by atoms with van der Waals surface area (Å²) in [6.45, 7) is 1.98. The molecule has 0 spiro atoms. The fraction of sp³-hybridized carbons (Fsp3) is 0.417. The minimum absolute atomic E-state index is 0.251. The van der Waals surface area contributed by atoms with Gasteiger partial charge in [-0.25, -0.2) is 4.99 Å². The quantitative estimate of drug-likeness (QED) is 0.858. The van der Waals surface area contributed by atoms with Crippen LogP contribution in [0, 0.1) is 0 Å². The number of fused-ring (bicyclic) bond motifs is 1. The van der Waals surface area contributed by atoms with Crippen LogP contribution in [-0.2, 0) is 6.18 Å². The molecule has 1 atom stereocenters. The van der Waals surface area contributed by atoms with Crippen LogP contribution in [0.1, 0.15) is 30.9 Å². The maximum Gasteiger partial charge on any atom is 0.416 e. The van der Waals surface area contributed by atoms with Crippen LogP contribution >= 0.6 is 11.6 Å². The zero-order chi connectivity index (χ0) is 13.3. The van der Waals surface area contributed by atoms with Crippen LogP contribution in [0.15, 0.2) is 23.2 Å². The van der Waals surface area contributed by atoms with Crippen LogP contribution in [0.5, 0.6) is 0 Å². The SMILES string of the molecule is CCCC1N=C(Cl)c2ccc(C(F)(F)F)cc2N1. The van der Waals surface area contributed by atoms with Gasteiger partial charge in [0.05, 0.1) is 5.56 Å². The number of hydrogen-bond donors (Lipinski definition) is 1. The Morgan fingerprint density at radius 3 is 2.72 bits per heavy atom. The molecule has 0 bridgehead atoms. The molecular formula is C12H12ClF3N2. The molecule has 1 N–H and O–H groups in total. The Hall–Kier alpha value is -1.23. The highest BCUT2D eigenvalue weighted by atomic mass is 35.5. The number of hydrogen-bond acceptors (Lipinski definition) is 2. The molecule has 1 aliphatic heterocycles. The van der Waals surface area contributed by atoms with E-state index in [1.807, 2.05) is 6.92 Å². The van der Waals surface area contributed by atoms with Crippen molar-refractivity contribution in [2.45, 2.75) is 32.1 Å². The summed E-state index contributed by atoms with van der Waals surface area (Å²) in [7, 11) is 0. The van der Waals surface area contributed by atoms with E-state index in [1.165, 1.54) is 6.07 Å². The number of benzene rings is 1. The van der Waals surface area contributed by atoms with E-state index in [2.05, 4.69) is 10.3 Å². The lowest BCUT2D eigenvalue weighted by atomic mass is 10.1. The number of aliphatic imine (C=N–C) groups is 1. The van der Waals surface area contributed by atoms with Gasteiger partial charge in [0, 0.05) is 11.3 Å². The minimum atomic E-state index is -4.35. The lowest BCUT2D eigenvalue weighted by Gasteiger charge is -2.24. The number of alkyl halides is 3. The molecule has 6 heteroatoms. The normalized spacial score (nSPS) is 18.9. The molecule has 18 heavy (non-hydrogen) atoms. The predicted molar refractivity (Wildman–Crippen MR) is 66.2 cm³/mol. The van der Waals surface area contributed by atoms with E-state index < -0.39 is 11.7 Å². The molecule has 98 valence electrons. The Morgan fingerprint density at radius 1 is 1.39 bits per heavy atom. The molecule has 2 rings (SSSR count). The average molecular weight is 277 g/mol. The molecule has 0 amide bonds. The van der Waals surface area contributed by atoms with Crippen molar-refractivity contribution in [1.82, 2.24) is 0 Å². The highest BCUT2D eigenvalue weighted by Crippen LogP contribution is 2.34. The number of nitrogens with zero attached hydrogens (tertiary/aromatic N) is 1. The number of rotatable bonds is 2. The first-order chi connectivity index (χ1) is 8.41. The molecule has 1 aromatic rings. The third kappa shape index (κ3) is 2.61. The smallest absolute Gasteiger partial charge is 0.363 e. The van der Waals surface area contributed by atoms with Gasteiger partial charge in [-0.15, -0.1) is 0 Å². The van der Waals surface area contributed by atoms with Crippen LogP contribution in [0.3, 0.4) is 0 Å². The van der Waals surface area contributed by atoms with Gasteiger partial charge in [0.25, 0.3) is 0 Å². The summed E-state index contributed by atoms with van der Waals surface area (Å²) < 4.78 is 37.8. The fourth-order valence-electron chi connectivity index (χ4n) is 1.85. The predicted octanol–water partition coefficient (Wildman–Crippen LogP) is 4.24. The summed E-state index contributed by atoms with van der Waals surface area (Å²) in [6, 6.07) is 3.44. The van der Waals surface area contributed by atoms with Gasteiger partial charge in [-0.1, -0.05) is 24.9 Å². The maximum atomic E-state index is 12.6. The van der Waals surface area contributed by atoms with Gasteiger partial charge in [-0.05, 0) is 24.6 Å². The van der Waals surface area contributed by atoms with Gasteiger partial charge >= 0.3 is 6.18 Å². The van der Waals surface area contributed by atoms with Crippen LogP contribution in [0.4, 0.5) is 18.9 Å². The zero-order valence-electron chi connectivity index (χ0n) is 9.68. The fourth-order valence-corrected chi connectivity index (χ4v) is 2.13. The number of anilines is 1. The van der Waals surface area contributed by atoms with Gasteiger partial charge in [0.2, 0.25) is 0 Å². The molecule has 1 heterocycles. The number of halogens is 4. The summed E-state index contributed by atoms with van der Waals surface area (Å²) in [5, 5.41) is 3.23. The molecule has 0 aliphatic carbocycles.